The van der Waals surface area contributed by atoms with E-state index in [1.807, 2.05) is 0 Å². The minimum atomic E-state index is -4.49. The first-order valence-corrected chi connectivity index (χ1v) is 4.85. The number of hydrogen-bond acceptors (Lipinski definition) is 2. The first-order valence-electron chi connectivity index (χ1n) is 4.85. The maximum atomic E-state index is 12.8. The average Bonchev–Trinajstić information content (AvgIpc) is 2.51. The van der Waals surface area contributed by atoms with Gasteiger partial charge in [0.05, 0.1) is 5.52 Å². The van der Waals surface area contributed by atoms with Crippen LogP contribution < -0.4 is 0 Å². The van der Waals surface area contributed by atoms with E-state index in [-0.39, 0.29) is 22.2 Å². The van der Waals surface area contributed by atoms with E-state index in [4.69, 9.17) is 0 Å². The van der Waals surface area contributed by atoms with Crippen LogP contribution in [0.25, 0.3) is 10.9 Å². The summed E-state index contributed by atoms with van der Waals surface area (Å²) in [6, 6.07) is 4.12. The molecule has 90 valence electrons. The molecule has 1 aromatic heterocycles. The van der Waals surface area contributed by atoms with Crippen LogP contribution in [0.3, 0.4) is 0 Å². The van der Waals surface area contributed by atoms with E-state index in [9.17, 15) is 18.0 Å². The Hall–Kier alpha value is -1.85. The van der Waals surface area contributed by atoms with Gasteiger partial charge in [-0.15, -0.1) is 0 Å². The van der Waals surface area contributed by atoms with Crippen LogP contribution >= 0.6 is 0 Å². The smallest absolute Gasteiger partial charge is 0.295 e. The quantitative estimate of drug-likeness (QED) is 0.721. The largest absolute Gasteiger partial charge is 0.433 e. The molecule has 1 aromatic carbocycles. The molecule has 3 nitrogen and oxygen atoms in total. The number of benzene rings is 1. The summed E-state index contributed by atoms with van der Waals surface area (Å²) < 4.78 is 39.2. The first-order chi connectivity index (χ1) is 7.80. The van der Waals surface area contributed by atoms with Gasteiger partial charge >= 0.3 is 6.18 Å². The Balaban J connectivity index is 2.78. The van der Waals surface area contributed by atoms with Crippen LogP contribution in [-0.4, -0.2) is 15.6 Å². The molecule has 0 spiro atoms. The third kappa shape index (κ3) is 1.90. The molecule has 0 aliphatic carbocycles. The second kappa shape index (κ2) is 3.58. The lowest BCUT2D eigenvalue weighted by Gasteiger charge is -2.06. The maximum absolute atomic E-state index is 12.8. The normalized spacial score (nSPS) is 12.1. The fourth-order valence-electron chi connectivity index (χ4n) is 1.75. The average molecular weight is 242 g/mol. The molecule has 0 amide bonds. The number of rotatable bonds is 1. The molecule has 6 heteroatoms. The number of alkyl halides is 3. The van der Waals surface area contributed by atoms with Gasteiger partial charge in [-0.2, -0.15) is 18.3 Å². The number of halogens is 3. The van der Waals surface area contributed by atoms with Gasteiger partial charge in [0.1, 0.15) is 5.69 Å². The summed E-state index contributed by atoms with van der Waals surface area (Å²) in [6.07, 6.45) is -4.49. The molecular formula is C11H9F3N2O. The Morgan fingerprint density at radius 2 is 2.00 bits per heavy atom. The third-order valence-corrected chi connectivity index (χ3v) is 2.51. The van der Waals surface area contributed by atoms with Gasteiger partial charge in [0.25, 0.3) is 0 Å². The number of Topliss-reactive ketones (excluding diaryl/α,β-unsaturated/α-hetero) is 1. The Morgan fingerprint density at radius 1 is 1.35 bits per heavy atom. The molecule has 1 heterocycles. The topological polar surface area (TPSA) is 34.9 Å². The molecule has 0 fully saturated rings. The molecule has 0 saturated heterocycles. The number of carbonyl (C=O) groups excluding carboxylic acids is 1. The maximum Gasteiger partial charge on any atom is 0.433 e. The lowest BCUT2D eigenvalue weighted by atomic mass is 10.1. The fraction of sp³-hybridized carbons (Fsp3) is 0.273. The van der Waals surface area contributed by atoms with Gasteiger partial charge in [-0.3, -0.25) is 9.48 Å². The van der Waals surface area contributed by atoms with Crippen molar-refractivity contribution in [2.75, 3.05) is 0 Å². The van der Waals surface area contributed by atoms with Crippen LogP contribution in [0.15, 0.2) is 18.2 Å². The molecule has 2 aromatic rings. The molecular weight excluding hydrogens is 233 g/mol. The van der Waals surface area contributed by atoms with E-state index in [2.05, 4.69) is 5.10 Å². The lowest BCUT2D eigenvalue weighted by molar-refractivity contribution is -0.142. The number of hydrogen-bond donors (Lipinski definition) is 0. The Bertz CT molecular complexity index is 599. The number of fused-ring (bicyclic) bond motifs is 1. The monoisotopic (exact) mass is 242 g/mol. The highest BCUT2D eigenvalue weighted by Gasteiger charge is 2.36. The van der Waals surface area contributed by atoms with Crippen LogP contribution in [0.4, 0.5) is 13.2 Å². The molecule has 0 aliphatic heterocycles. The van der Waals surface area contributed by atoms with Gasteiger partial charge in [0.2, 0.25) is 0 Å². The van der Waals surface area contributed by atoms with Crippen LogP contribution in [-0.2, 0) is 13.2 Å². The van der Waals surface area contributed by atoms with Crippen LogP contribution in [0, 0.1) is 0 Å². The van der Waals surface area contributed by atoms with Gasteiger partial charge in [-0.1, -0.05) is 0 Å². The van der Waals surface area contributed by atoms with Gasteiger partial charge in [0, 0.05) is 18.0 Å². The second-order valence-electron chi connectivity index (χ2n) is 3.76. The molecule has 0 radical (unpaired) electrons. The van der Waals surface area contributed by atoms with Gasteiger partial charge in [-0.25, -0.2) is 0 Å². The highest BCUT2D eigenvalue weighted by atomic mass is 19.4. The molecule has 0 unspecified atom stereocenters. The van der Waals surface area contributed by atoms with Crippen LogP contribution in [0.1, 0.15) is 23.0 Å². The molecule has 0 atom stereocenters. The van der Waals surface area contributed by atoms with Crippen molar-refractivity contribution < 1.29 is 18.0 Å². The summed E-state index contributed by atoms with van der Waals surface area (Å²) in [7, 11) is 1.23. The lowest BCUT2D eigenvalue weighted by Crippen LogP contribution is -2.12. The highest BCUT2D eigenvalue weighted by Crippen LogP contribution is 2.34. The fourth-order valence-corrected chi connectivity index (χ4v) is 1.75. The van der Waals surface area contributed by atoms with Crippen molar-refractivity contribution in [1.82, 2.24) is 9.78 Å². The van der Waals surface area contributed by atoms with Crippen molar-refractivity contribution in [1.29, 1.82) is 0 Å². The summed E-state index contributed by atoms with van der Waals surface area (Å²) in [5.41, 5.74) is -0.364. The number of ketones is 1. The van der Waals surface area contributed by atoms with Crippen molar-refractivity contribution in [2.24, 2.45) is 7.05 Å². The van der Waals surface area contributed by atoms with Crippen molar-refractivity contribution in [2.45, 2.75) is 13.1 Å². The number of nitrogens with zero attached hydrogens (tertiary/aromatic N) is 2. The van der Waals surface area contributed by atoms with E-state index in [0.29, 0.717) is 0 Å². The Labute approximate surface area is 94.8 Å². The predicted molar refractivity (Wildman–Crippen MR) is 55.7 cm³/mol. The standard InChI is InChI=1S/C11H9F3N2O/c1-6(17)7-3-4-9-8(5-7)10(11(12,13)14)16(2)15-9/h3-5H,1-2H3. The van der Waals surface area contributed by atoms with Crippen molar-refractivity contribution in [3.05, 3.63) is 29.5 Å². The molecule has 0 bridgehead atoms. The summed E-state index contributed by atoms with van der Waals surface area (Å²) >= 11 is 0. The van der Waals surface area contributed by atoms with E-state index in [1.54, 1.807) is 0 Å². The van der Waals surface area contributed by atoms with Crippen LogP contribution in [0.2, 0.25) is 0 Å². The summed E-state index contributed by atoms with van der Waals surface area (Å²) in [4.78, 5) is 11.1. The van der Waals surface area contributed by atoms with Crippen LogP contribution in [0.5, 0.6) is 0 Å². The van der Waals surface area contributed by atoms with Gasteiger partial charge in [-0.05, 0) is 25.1 Å². The predicted octanol–water partition coefficient (Wildman–Crippen LogP) is 2.79. The molecule has 2 rings (SSSR count). The second-order valence-corrected chi connectivity index (χ2v) is 3.76. The zero-order valence-corrected chi connectivity index (χ0v) is 9.17. The SMILES string of the molecule is CC(=O)c1ccc2nn(C)c(C(F)(F)F)c2c1. The summed E-state index contributed by atoms with van der Waals surface area (Å²) in [5.74, 6) is -0.274. The van der Waals surface area contributed by atoms with Crippen molar-refractivity contribution >= 4 is 16.7 Å². The van der Waals surface area contributed by atoms with Crippen molar-refractivity contribution in [3.63, 3.8) is 0 Å². The number of aromatic nitrogens is 2. The third-order valence-electron chi connectivity index (χ3n) is 2.51. The minimum Gasteiger partial charge on any atom is -0.295 e. The van der Waals surface area contributed by atoms with E-state index in [1.165, 1.54) is 32.2 Å². The number of carbonyl (C=O) groups is 1. The molecule has 0 N–H and O–H groups in total. The van der Waals surface area contributed by atoms with E-state index >= 15 is 0 Å². The van der Waals surface area contributed by atoms with Gasteiger partial charge in [0.15, 0.2) is 5.78 Å². The number of aryl methyl sites for hydroxylation is 1. The molecule has 0 saturated carbocycles. The van der Waals surface area contributed by atoms with Gasteiger partial charge < -0.3 is 0 Å². The van der Waals surface area contributed by atoms with E-state index < -0.39 is 11.9 Å². The Kier molecular flexibility index (Phi) is 2.45. The zero-order valence-electron chi connectivity index (χ0n) is 9.17. The van der Waals surface area contributed by atoms with E-state index in [0.717, 1.165) is 4.68 Å². The molecule has 0 aliphatic rings. The first kappa shape index (κ1) is 11.6. The van der Waals surface area contributed by atoms with Crippen molar-refractivity contribution in [3.8, 4) is 0 Å². The minimum absolute atomic E-state index is 0.0484. The molecule has 17 heavy (non-hydrogen) atoms. The zero-order chi connectivity index (χ0) is 12.8. The Morgan fingerprint density at radius 3 is 2.53 bits per heavy atom. The summed E-state index contributed by atoms with van der Waals surface area (Å²) in [5, 5.41) is 3.72. The summed E-state index contributed by atoms with van der Waals surface area (Å²) in [6.45, 7) is 1.31. The highest BCUT2D eigenvalue weighted by molar-refractivity contribution is 5.98.